The molecule has 2 aromatic heterocycles. The molecule has 0 saturated carbocycles. The first-order valence-electron chi connectivity index (χ1n) is 5.61. The number of fused-ring (bicyclic) bond motifs is 1. The van der Waals surface area contributed by atoms with Gasteiger partial charge < -0.3 is 21.3 Å². The average molecular weight is 250 g/mol. The lowest BCUT2D eigenvalue weighted by molar-refractivity contribution is -0.0297. The number of nitrogen functional groups attached to an aromatic ring is 1. The minimum Gasteiger partial charge on any atom is -0.387 e. The van der Waals surface area contributed by atoms with E-state index in [0.29, 0.717) is 17.0 Å². The Balaban J connectivity index is 2.08. The van der Waals surface area contributed by atoms with E-state index in [4.69, 9.17) is 16.2 Å². The summed E-state index contributed by atoms with van der Waals surface area (Å²) in [7, 11) is 0. The van der Waals surface area contributed by atoms with Gasteiger partial charge in [0.2, 0.25) is 0 Å². The van der Waals surface area contributed by atoms with E-state index in [1.807, 2.05) is 6.92 Å². The molecule has 3 rings (SSSR count). The van der Waals surface area contributed by atoms with Crippen molar-refractivity contribution >= 4 is 17.0 Å². The molecule has 96 valence electrons. The molecule has 0 spiro atoms. The summed E-state index contributed by atoms with van der Waals surface area (Å²) in [4.78, 5) is 12.1. The van der Waals surface area contributed by atoms with Crippen LogP contribution in [0.25, 0.3) is 11.2 Å². The van der Waals surface area contributed by atoms with Crippen LogP contribution in [0.1, 0.15) is 13.2 Å². The molecule has 8 nitrogen and oxygen atoms in total. The second-order valence-electron chi connectivity index (χ2n) is 4.38. The van der Waals surface area contributed by atoms with Crippen LogP contribution in [0, 0.1) is 0 Å². The van der Waals surface area contributed by atoms with Crippen molar-refractivity contribution in [2.75, 3.05) is 5.73 Å². The fraction of sp³-hybridized carbons (Fsp3) is 0.500. The molecule has 0 unspecified atom stereocenters. The predicted octanol–water partition coefficient (Wildman–Crippen LogP) is -0.986. The molecule has 2 aromatic rings. The van der Waals surface area contributed by atoms with E-state index in [1.165, 1.54) is 12.7 Å². The van der Waals surface area contributed by atoms with E-state index < -0.39 is 18.4 Å². The largest absolute Gasteiger partial charge is 0.387 e. The number of ether oxygens (including phenoxy) is 1. The van der Waals surface area contributed by atoms with Gasteiger partial charge in [0.05, 0.1) is 18.5 Å². The highest BCUT2D eigenvalue weighted by molar-refractivity contribution is 5.81. The average Bonchev–Trinajstić information content (AvgIpc) is 2.88. The Kier molecular flexibility index (Phi) is 2.44. The van der Waals surface area contributed by atoms with Gasteiger partial charge in [-0.3, -0.25) is 4.57 Å². The maximum Gasteiger partial charge on any atom is 0.167 e. The number of imidazole rings is 1. The highest BCUT2D eigenvalue weighted by Crippen LogP contribution is 2.30. The van der Waals surface area contributed by atoms with Crippen LogP contribution in [0.5, 0.6) is 0 Å². The lowest BCUT2D eigenvalue weighted by Crippen LogP contribution is -2.38. The van der Waals surface area contributed by atoms with Crippen molar-refractivity contribution in [1.29, 1.82) is 0 Å². The van der Waals surface area contributed by atoms with E-state index >= 15 is 0 Å². The van der Waals surface area contributed by atoms with Crippen LogP contribution in [-0.2, 0) is 4.74 Å². The summed E-state index contributed by atoms with van der Waals surface area (Å²) in [6.07, 6.45) is 1.22. The van der Waals surface area contributed by atoms with Crippen LogP contribution in [0.2, 0.25) is 0 Å². The SMILES string of the molecule is C[C@H]1O[C@@H](n2cnc3c(N)ncnc32)[C@H](O)[C@@H]1N. The van der Waals surface area contributed by atoms with Gasteiger partial charge in [-0.15, -0.1) is 0 Å². The van der Waals surface area contributed by atoms with Gasteiger partial charge in [-0.2, -0.15) is 0 Å². The molecule has 0 radical (unpaired) electrons. The molecule has 8 heteroatoms. The Labute approximate surface area is 103 Å². The number of rotatable bonds is 1. The smallest absolute Gasteiger partial charge is 0.167 e. The number of aliphatic hydroxyl groups excluding tert-OH is 1. The number of nitrogens with two attached hydrogens (primary N) is 2. The zero-order chi connectivity index (χ0) is 12.9. The van der Waals surface area contributed by atoms with Gasteiger partial charge in [0.1, 0.15) is 17.9 Å². The van der Waals surface area contributed by atoms with Crippen LogP contribution >= 0.6 is 0 Å². The number of hydrogen-bond donors (Lipinski definition) is 3. The summed E-state index contributed by atoms with van der Waals surface area (Å²) in [6.45, 7) is 1.82. The maximum atomic E-state index is 10.1. The molecular weight excluding hydrogens is 236 g/mol. The number of aliphatic hydroxyl groups is 1. The van der Waals surface area contributed by atoms with Crippen LogP contribution < -0.4 is 11.5 Å². The normalized spacial score (nSPS) is 32.2. The summed E-state index contributed by atoms with van der Waals surface area (Å²) < 4.78 is 7.25. The molecule has 1 aliphatic rings. The molecule has 5 N–H and O–H groups in total. The standard InChI is InChI=1S/C10H14N6O2/c1-4-5(11)7(17)10(18-4)16-3-15-6-8(12)13-2-14-9(6)16/h2-5,7,10,17H,11H2,1H3,(H2,12,13,14)/t4-,5-,7-,10-/m1/s1. The maximum absolute atomic E-state index is 10.1. The summed E-state index contributed by atoms with van der Waals surface area (Å²) in [5, 5.41) is 10.1. The van der Waals surface area contributed by atoms with E-state index in [1.54, 1.807) is 4.57 Å². The van der Waals surface area contributed by atoms with E-state index in [-0.39, 0.29) is 6.10 Å². The minimum absolute atomic E-state index is 0.235. The molecule has 3 heterocycles. The van der Waals surface area contributed by atoms with Crippen molar-refractivity contribution in [3.8, 4) is 0 Å². The van der Waals surface area contributed by atoms with Gasteiger partial charge in [0, 0.05) is 0 Å². The molecule has 4 atom stereocenters. The summed E-state index contributed by atoms with van der Waals surface area (Å²) >= 11 is 0. The molecule has 1 aliphatic heterocycles. The first-order valence-corrected chi connectivity index (χ1v) is 5.61. The van der Waals surface area contributed by atoms with Crippen molar-refractivity contribution in [1.82, 2.24) is 19.5 Å². The number of hydrogen-bond acceptors (Lipinski definition) is 7. The molecule has 0 amide bonds. The van der Waals surface area contributed by atoms with Crippen molar-refractivity contribution in [3.63, 3.8) is 0 Å². The molecule has 1 fully saturated rings. The summed E-state index contributed by atoms with van der Waals surface area (Å²) in [6, 6.07) is -0.438. The fourth-order valence-electron chi connectivity index (χ4n) is 2.15. The van der Waals surface area contributed by atoms with Gasteiger partial charge in [-0.25, -0.2) is 15.0 Å². The van der Waals surface area contributed by atoms with Crippen LogP contribution in [-0.4, -0.2) is 42.9 Å². The van der Waals surface area contributed by atoms with Crippen LogP contribution in [0.3, 0.4) is 0 Å². The Morgan fingerprint density at radius 3 is 2.83 bits per heavy atom. The quantitative estimate of drug-likeness (QED) is 0.593. The second-order valence-corrected chi connectivity index (χ2v) is 4.38. The van der Waals surface area contributed by atoms with Crippen molar-refractivity contribution in [2.24, 2.45) is 5.73 Å². The van der Waals surface area contributed by atoms with Crippen molar-refractivity contribution in [2.45, 2.75) is 31.4 Å². The zero-order valence-corrected chi connectivity index (χ0v) is 9.76. The Morgan fingerprint density at radius 2 is 2.17 bits per heavy atom. The molecule has 1 saturated heterocycles. The zero-order valence-electron chi connectivity index (χ0n) is 9.76. The van der Waals surface area contributed by atoms with Crippen molar-refractivity contribution < 1.29 is 9.84 Å². The Hall–Kier alpha value is -1.77. The van der Waals surface area contributed by atoms with E-state index in [9.17, 15) is 5.11 Å². The van der Waals surface area contributed by atoms with Crippen LogP contribution in [0.4, 0.5) is 5.82 Å². The first kappa shape index (κ1) is 11.3. The van der Waals surface area contributed by atoms with Crippen LogP contribution in [0.15, 0.2) is 12.7 Å². The third kappa shape index (κ3) is 1.47. The van der Waals surface area contributed by atoms with Gasteiger partial charge in [0.25, 0.3) is 0 Å². The van der Waals surface area contributed by atoms with E-state index in [2.05, 4.69) is 15.0 Å². The fourth-order valence-corrected chi connectivity index (χ4v) is 2.15. The predicted molar refractivity (Wildman–Crippen MR) is 63.3 cm³/mol. The molecule has 0 aliphatic carbocycles. The van der Waals surface area contributed by atoms with Gasteiger partial charge >= 0.3 is 0 Å². The number of nitrogens with zero attached hydrogens (tertiary/aromatic N) is 4. The minimum atomic E-state index is -0.811. The highest BCUT2D eigenvalue weighted by Gasteiger charge is 2.40. The summed E-state index contributed by atoms with van der Waals surface area (Å²) in [5.74, 6) is 0.295. The van der Waals surface area contributed by atoms with Gasteiger partial charge in [-0.05, 0) is 6.92 Å². The third-order valence-electron chi connectivity index (χ3n) is 3.24. The highest BCUT2D eigenvalue weighted by atomic mass is 16.5. The summed E-state index contributed by atoms with van der Waals surface area (Å²) in [5.41, 5.74) is 12.5. The monoisotopic (exact) mass is 250 g/mol. The molecular formula is C10H14N6O2. The first-order chi connectivity index (χ1) is 8.59. The molecule has 0 bridgehead atoms. The Bertz CT molecular complexity index is 585. The lowest BCUT2D eigenvalue weighted by atomic mass is 10.1. The number of anilines is 1. The lowest BCUT2D eigenvalue weighted by Gasteiger charge is -2.16. The topological polar surface area (TPSA) is 125 Å². The Morgan fingerprint density at radius 1 is 1.39 bits per heavy atom. The second kappa shape index (κ2) is 3.87. The number of aromatic nitrogens is 4. The molecule has 0 aromatic carbocycles. The van der Waals surface area contributed by atoms with E-state index in [0.717, 1.165) is 0 Å². The van der Waals surface area contributed by atoms with Crippen molar-refractivity contribution in [3.05, 3.63) is 12.7 Å². The third-order valence-corrected chi connectivity index (χ3v) is 3.24. The van der Waals surface area contributed by atoms with Gasteiger partial charge in [0.15, 0.2) is 17.7 Å². The van der Waals surface area contributed by atoms with Gasteiger partial charge in [-0.1, -0.05) is 0 Å². The molecule has 18 heavy (non-hydrogen) atoms.